The zero-order valence-electron chi connectivity index (χ0n) is 12.9. The third kappa shape index (κ3) is 3.56. The molecule has 3 heterocycles. The van der Waals surface area contributed by atoms with E-state index in [-0.39, 0.29) is 0 Å². The summed E-state index contributed by atoms with van der Waals surface area (Å²) in [6, 6.07) is 1.90. The topological polar surface area (TPSA) is 71.7 Å². The van der Waals surface area contributed by atoms with Crippen molar-refractivity contribution in [1.29, 1.82) is 0 Å². The molecular formula is C16H24N4O2. The van der Waals surface area contributed by atoms with Crippen molar-refractivity contribution in [1.82, 2.24) is 9.88 Å². The molecule has 0 spiro atoms. The Labute approximate surface area is 131 Å². The van der Waals surface area contributed by atoms with Crippen LogP contribution in [0.1, 0.15) is 23.2 Å². The summed E-state index contributed by atoms with van der Waals surface area (Å²) in [5.74, 6) is 0.221. The molecule has 2 fully saturated rings. The van der Waals surface area contributed by atoms with Crippen molar-refractivity contribution in [3.05, 3.63) is 24.0 Å². The van der Waals surface area contributed by atoms with Gasteiger partial charge in [0, 0.05) is 45.1 Å². The van der Waals surface area contributed by atoms with Crippen LogP contribution in [0.15, 0.2) is 18.5 Å². The van der Waals surface area contributed by atoms with Gasteiger partial charge in [-0.3, -0.25) is 14.7 Å². The minimum atomic E-state index is -0.404. The second-order valence-electron chi connectivity index (χ2n) is 6.12. The van der Waals surface area contributed by atoms with Gasteiger partial charge < -0.3 is 15.4 Å². The molecule has 0 radical (unpaired) electrons. The van der Waals surface area contributed by atoms with Gasteiger partial charge in [-0.1, -0.05) is 0 Å². The van der Waals surface area contributed by atoms with Crippen molar-refractivity contribution in [2.24, 2.45) is 11.7 Å². The number of anilines is 1. The second-order valence-corrected chi connectivity index (χ2v) is 6.12. The Morgan fingerprint density at radius 2 is 2.18 bits per heavy atom. The van der Waals surface area contributed by atoms with E-state index in [0.717, 1.165) is 58.0 Å². The Kier molecular flexibility index (Phi) is 4.90. The van der Waals surface area contributed by atoms with Gasteiger partial charge in [0.15, 0.2) is 0 Å². The first-order valence-electron chi connectivity index (χ1n) is 8.03. The molecule has 2 aliphatic rings. The van der Waals surface area contributed by atoms with Crippen molar-refractivity contribution in [3.8, 4) is 0 Å². The number of hydrogen-bond donors (Lipinski definition) is 1. The molecule has 0 saturated carbocycles. The minimum absolute atomic E-state index is 0.404. The highest BCUT2D eigenvalue weighted by Crippen LogP contribution is 2.26. The summed E-state index contributed by atoms with van der Waals surface area (Å²) in [6.07, 6.45) is 5.69. The standard InChI is InChI=1S/C16H24N4O2/c17-16(21)14-10-18-4-3-15(14)20-5-1-2-13(12-20)11-19-6-8-22-9-7-19/h3-4,10,13H,1-2,5-9,11-12H2,(H2,17,21). The van der Waals surface area contributed by atoms with E-state index in [4.69, 9.17) is 10.5 Å². The van der Waals surface area contributed by atoms with E-state index in [1.54, 1.807) is 12.4 Å². The molecule has 1 aromatic rings. The smallest absolute Gasteiger partial charge is 0.252 e. The van der Waals surface area contributed by atoms with Crippen molar-refractivity contribution in [2.45, 2.75) is 12.8 Å². The van der Waals surface area contributed by atoms with Crippen LogP contribution >= 0.6 is 0 Å². The molecule has 6 heteroatoms. The van der Waals surface area contributed by atoms with Gasteiger partial charge in [0.25, 0.3) is 5.91 Å². The average molecular weight is 304 g/mol. The molecule has 3 rings (SSSR count). The van der Waals surface area contributed by atoms with Crippen LogP contribution in [0.3, 0.4) is 0 Å². The third-order valence-electron chi connectivity index (χ3n) is 4.54. The van der Waals surface area contributed by atoms with Crippen LogP contribution in [0, 0.1) is 5.92 Å². The fraction of sp³-hybridized carbons (Fsp3) is 0.625. The Bertz CT molecular complexity index is 517. The molecule has 0 aliphatic carbocycles. The van der Waals surface area contributed by atoms with Crippen molar-refractivity contribution in [3.63, 3.8) is 0 Å². The molecule has 1 unspecified atom stereocenters. The molecule has 22 heavy (non-hydrogen) atoms. The van der Waals surface area contributed by atoms with Gasteiger partial charge in [0.2, 0.25) is 0 Å². The van der Waals surface area contributed by atoms with E-state index >= 15 is 0 Å². The summed E-state index contributed by atoms with van der Waals surface area (Å²) < 4.78 is 5.41. The molecule has 0 aromatic carbocycles. The van der Waals surface area contributed by atoms with Gasteiger partial charge in [-0.15, -0.1) is 0 Å². The lowest BCUT2D eigenvalue weighted by molar-refractivity contribution is 0.0296. The van der Waals surface area contributed by atoms with Crippen molar-refractivity contribution in [2.75, 3.05) is 50.8 Å². The zero-order chi connectivity index (χ0) is 15.4. The number of aromatic nitrogens is 1. The molecule has 1 aromatic heterocycles. The number of pyridine rings is 1. The third-order valence-corrected chi connectivity index (χ3v) is 4.54. The van der Waals surface area contributed by atoms with Gasteiger partial charge in [-0.2, -0.15) is 0 Å². The minimum Gasteiger partial charge on any atom is -0.379 e. The Morgan fingerprint density at radius 3 is 2.95 bits per heavy atom. The number of nitrogens with zero attached hydrogens (tertiary/aromatic N) is 3. The number of rotatable bonds is 4. The summed E-state index contributed by atoms with van der Waals surface area (Å²) in [5, 5.41) is 0. The van der Waals surface area contributed by atoms with Crippen LogP contribution in [-0.2, 0) is 4.74 Å². The molecule has 1 amide bonds. The molecule has 2 aliphatic heterocycles. The van der Waals surface area contributed by atoms with Crippen LogP contribution in [0.25, 0.3) is 0 Å². The number of carbonyl (C=O) groups excluding carboxylic acids is 1. The summed E-state index contributed by atoms with van der Waals surface area (Å²) in [6.45, 7) is 6.79. The van der Waals surface area contributed by atoms with E-state index in [9.17, 15) is 4.79 Å². The van der Waals surface area contributed by atoms with Crippen molar-refractivity contribution >= 4 is 11.6 Å². The Hall–Kier alpha value is -1.66. The SMILES string of the molecule is NC(=O)c1cnccc1N1CCCC(CN2CCOCC2)C1. The fourth-order valence-electron chi connectivity index (χ4n) is 3.43. The number of piperidine rings is 1. The highest BCUT2D eigenvalue weighted by atomic mass is 16.5. The molecular weight excluding hydrogens is 280 g/mol. The van der Waals surface area contributed by atoms with E-state index in [2.05, 4.69) is 14.8 Å². The maximum absolute atomic E-state index is 11.6. The predicted octanol–water partition coefficient (Wildman–Crippen LogP) is 0.729. The highest BCUT2D eigenvalue weighted by molar-refractivity contribution is 5.98. The Morgan fingerprint density at radius 1 is 1.36 bits per heavy atom. The van der Waals surface area contributed by atoms with Crippen molar-refractivity contribution < 1.29 is 9.53 Å². The molecule has 2 N–H and O–H groups in total. The lowest BCUT2D eigenvalue weighted by Gasteiger charge is -2.38. The van der Waals surface area contributed by atoms with E-state index in [0.29, 0.717) is 11.5 Å². The predicted molar refractivity (Wildman–Crippen MR) is 85.0 cm³/mol. The zero-order valence-corrected chi connectivity index (χ0v) is 12.9. The highest BCUT2D eigenvalue weighted by Gasteiger charge is 2.25. The number of hydrogen-bond acceptors (Lipinski definition) is 5. The average Bonchev–Trinajstić information content (AvgIpc) is 2.56. The number of nitrogens with two attached hydrogens (primary N) is 1. The number of primary amides is 1. The van der Waals surface area contributed by atoms with Crippen LogP contribution < -0.4 is 10.6 Å². The van der Waals surface area contributed by atoms with E-state index < -0.39 is 5.91 Å². The number of amides is 1. The van der Waals surface area contributed by atoms with Gasteiger partial charge in [0.05, 0.1) is 24.5 Å². The fourth-order valence-corrected chi connectivity index (χ4v) is 3.43. The number of carbonyl (C=O) groups is 1. The first-order valence-corrected chi connectivity index (χ1v) is 8.03. The van der Waals surface area contributed by atoms with Crippen LogP contribution in [0.5, 0.6) is 0 Å². The molecule has 2 saturated heterocycles. The first kappa shape index (κ1) is 15.2. The molecule has 120 valence electrons. The van der Waals surface area contributed by atoms with Crippen LogP contribution in [-0.4, -0.2) is 61.7 Å². The number of morpholine rings is 1. The van der Waals surface area contributed by atoms with Gasteiger partial charge >= 0.3 is 0 Å². The maximum Gasteiger partial charge on any atom is 0.252 e. The number of ether oxygens (including phenoxy) is 1. The van der Waals surface area contributed by atoms with Gasteiger partial charge in [-0.05, 0) is 24.8 Å². The van der Waals surface area contributed by atoms with Crippen LogP contribution in [0.2, 0.25) is 0 Å². The monoisotopic (exact) mass is 304 g/mol. The second kappa shape index (κ2) is 7.07. The van der Waals surface area contributed by atoms with Gasteiger partial charge in [0.1, 0.15) is 0 Å². The largest absolute Gasteiger partial charge is 0.379 e. The normalized spacial score (nSPS) is 23.5. The van der Waals surface area contributed by atoms with Crippen LogP contribution in [0.4, 0.5) is 5.69 Å². The quantitative estimate of drug-likeness (QED) is 0.888. The summed E-state index contributed by atoms with van der Waals surface area (Å²) in [4.78, 5) is 20.4. The van der Waals surface area contributed by atoms with E-state index in [1.807, 2.05) is 6.07 Å². The molecule has 1 atom stereocenters. The summed E-state index contributed by atoms with van der Waals surface area (Å²) in [7, 11) is 0. The summed E-state index contributed by atoms with van der Waals surface area (Å²) >= 11 is 0. The molecule has 0 bridgehead atoms. The Balaban J connectivity index is 1.66. The maximum atomic E-state index is 11.6. The first-order chi connectivity index (χ1) is 10.7. The summed E-state index contributed by atoms with van der Waals surface area (Å²) in [5.41, 5.74) is 6.93. The lowest BCUT2D eigenvalue weighted by Crippen LogP contribution is -2.45. The van der Waals surface area contributed by atoms with E-state index in [1.165, 1.54) is 6.42 Å². The van der Waals surface area contributed by atoms with Gasteiger partial charge in [-0.25, -0.2) is 0 Å². The molecule has 6 nitrogen and oxygen atoms in total. The lowest BCUT2D eigenvalue weighted by atomic mass is 9.96.